The predicted octanol–water partition coefficient (Wildman–Crippen LogP) is 2.76. The highest BCUT2D eigenvalue weighted by atomic mass is 35.5. The lowest BCUT2D eigenvalue weighted by Gasteiger charge is -2.05. The first-order valence-electron chi connectivity index (χ1n) is 5.02. The number of sulfone groups is 1. The smallest absolute Gasteiger partial charge is 0.180 e. The Labute approximate surface area is 114 Å². The third-order valence-electron chi connectivity index (χ3n) is 2.41. The number of aromatic nitrogens is 1. The fourth-order valence-electron chi connectivity index (χ4n) is 1.61. The van der Waals surface area contributed by atoms with Crippen molar-refractivity contribution in [1.82, 2.24) is 4.98 Å². The molecule has 0 unspecified atom stereocenters. The van der Waals surface area contributed by atoms with Gasteiger partial charge in [0.1, 0.15) is 0 Å². The van der Waals surface area contributed by atoms with Crippen LogP contribution >= 0.6 is 22.9 Å². The van der Waals surface area contributed by atoms with Gasteiger partial charge in [0.2, 0.25) is 0 Å². The van der Waals surface area contributed by atoms with Gasteiger partial charge in [-0.25, -0.2) is 13.4 Å². The van der Waals surface area contributed by atoms with Crippen LogP contribution < -0.4 is 5.73 Å². The van der Waals surface area contributed by atoms with Crippen LogP contribution in [-0.2, 0) is 9.84 Å². The Morgan fingerprint density at radius 1 is 1.39 bits per heavy atom. The molecular weight excluding hydrogens is 292 g/mol. The lowest BCUT2D eigenvalue weighted by Crippen LogP contribution is -1.98. The minimum Gasteiger partial charge on any atom is -0.375 e. The monoisotopic (exact) mass is 302 g/mol. The van der Waals surface area contributed by atoms with Crippen molar-refractivity contribution in [2.45, 2.75) is 11.8 Å². The van der Waals surface area contributed by atoms with Crippen molar-refractivity contribution in [2.75, 3.05) is 12.0 Å². The van der Waals surface area contributed by atoms with E-state index in [1.807, 2.05) is 6.92 Å². The van der Waals surface area contributed by atoms with Gasteiger partial charge in [-0.05, 0) is 24.6 Å². The molecule has 2 rings (SSSR count). The molecule has 2 aromatic rings. The third kappa shape index (κ3) is 2.50. The van der Waals surface area contributed by atoms with Crippen LogP contribution in [0.15, 0.2) is 23.1 Å². The van der Waals surface area contributed by atoms with Gasteiger partial charge in [-0.15, -0.1) is 0 Å². The summed E-state index contributed by atoms with van der Waals surface area (Å²) < 4.78 is 23.2. The van der Waals surface area contributed by atoms with Crippen LogP contribution in [0.4, 0.5) is 5.13 Å². The topological polar surface area (TPSA) is 73.0 Å². The highest BCUT2D eigenvalue weighted by Gasteiger charge is 2.15. The van der Waals surface area contributed by atoms with Crippen LogP contribution in [0.5, 0.6) is 0 Å². The molecule has 96 valence electrons. The van der Waals surface area contributed by atoms with E-state index in [1.54, 1.807) is 18.2 Å². The van der Waals surface area contributed by atoms with Crippen LogP contribution in [-0.4, -0.2) is 19.7 Å². The average molecular weight is 303 g/mol. The van der Waals surface area contributed by atoms with Crippen molar-refractivity contribution >= 4 is 37.9 Å². The van der Waals surface area contributed by atoms with Gasteiger partial charge in [0, 0.05) is 6.26 Å². The molecule has 0 radical (unpaired) electrons. The van der Waals surface area contributed by atoms with Crippen molar-refractivity contribution in [1.29, 1.82) is 0 Å². The van der Waals surface area contributed by atoms with Crippen LogP contribution in [0.2, 0.25) is 5.02 Å². The number of nitrogens with zero attached hydrogens (tertiary/aromatic N) is 1. The Balaban J connectivity index is 2.65. The predicted molar refractivity (Wildman–Crippen MR) is 74.8 cm³/mol. The molecule has 7 heteroatoms. The van der Waals surface area contributed by atoms with Crippen LogP contribution in [0.1, 0.15) is 5.69 Å². The lowest BCUT2D eigenvalue weighted by atomic mass is 10.2. The highest BCUT2D eigenvalue weighted by molar-refractivity contribution is 7.90. The SMILES string of the molecule is Cc1nc(N)sc1-c1ccc(Cl)c(S(C)(=O)=O)c1. The molecule has 0 saturated heterocycles. The normalized spacial score (nSPS) is 11.7. The summed E-state index contributed by atoms with van der Waals surface area (Å²) in [6.45, 7) is 1.83. The lowest BCUT2D eigenvalue weighted by molar-refractivity contribution is 0.602. The summed E-state index contributed by atoms with van der Waals surface area (Å²) in [4.78, 5) is 5.09. The molecule has 18 heavy (non-hydrogen) atoms. The Morgan fingerprint density at radius 3 is 2.56 bits per heavy atom. The van der Waals surface area contributed by atoms with E-state index >= 15 is 0 Å². The number of nitrogens with two attached hydrogens (primary N) is 1. The molecular formula is C11H11ClN2O2S2. The van der Waals surface area contributed by atoms with Gasteiger partial charge in [-0.1, -0.05) is 29.0 Å². The number of hydrogen-bond acceptors (Lipinski definition) is 5. The molecule has 0 spiro atoms. The average Bonchev–Trinajstić information content (AvgIpc) is 2.57. The molecule has 2 N–H and O–H groups in total. The number of hydrogen-bond donors (Lipinski definition) is 1. The van der Waals surface area contributed by atoms with Gasteiger partial charge in [0.15, 0.2) is 15.0 Å². The molecule has 1 aromatic carbocycles. The second-order valence-corrected chi connectivity index (χ2v) is 7.31. The standard InChI is InChI=1S/C11H11ClN2O2S2/c1-6-10(17-11(13)14-6)7-3-4-8(12)9(5-7)18(2,15)16/h3-5H,1-2H3,(H2,13,14). The molecule has 0 aliphatic rings. The van der Waals surface area contributed by atoms with Gasteiger partial charge in [-0.3, -0.25) is 0 Å². The Bertz CT molecular complexity index is 708. The molecule has 0 atom stereocenters. The molecule has 0 fully saturated rings. The first kappa shape index (κ1) is 13.3. The largest absolute Gasteiger partial charge is 0.375 e. The second kappa shape index (κ2) is 4.53. The molecule has 4 nitrogen and oxygen atoms in total. The summed E-state index contributed by atoms with van der Waals surface area (Å²) in [6.07, 6.45) is 1.13. The summed E-state index contributed by atoms with van der Waals surface area (Å²) in [7, 11) is -3.35. The zero-order chi connectivity index (χ0) is 13.5. The van der Waals surface area contributed by atoms with Crippen LogP contribution in [0, 0.1) is 6.92 Å². The molecule has 0 aliphatic heterocycles. The van der Waals surface area contributed by atoms with Crippen LogP contribution in [0.3, 0.4) is 0 Å². The Morgan fingerprint density at radius 2 is 2.06 bits per heavy atom. The van der Waals surface area contributed by atoms with Crippen molar-refractivity contribution in [2.24, 2.45) is 0 Å². The number of thiazole rings is 1. The van der Waals surface area contributed by atoms with Gasteiger partial charge < -0.3 is 5.73 Å². The summed E-state index contributed by atoms with van der Waals surface area (Å²) in [5, 5.41) is 0.676. The van der Waals surface area contributed by atoms with Gasteiger partial charge in [-0.2, -0.15) is 0 Å². The minimum absolute atomic E-state index is 0.119. The van der Waals surface area contributed by atoms with Gasteiger partial charge >= 0.3 is 0 Å². The maximum Gasteiger partial charge on any atom is 0.180 e. The van der Waals surface area contributed by atoms with Crippen LogP contribution in [0.25, 0.3) is 10.4 Å². The van der Waals surface area contributed by atoms with E-state index in [9.17, 15) is 8.42 Å². The van der Waals surface area contributed by atoms with E-state index in [4.69, 9.17) is 17.3 Å². The van der Waals surface area contributed by atoms with E-state index in [0.29, 0.717) is 5.13 Å². The number of anilines is 1. The van der Waals surface area contributed by atoms with Crippen molar-refractivity contribution in [3.05, 3.63) is 28.9 Å². The fourth-order valence-corrected chi connectivity index (χ4v) is 3.75. The van der Waals surface area contributed by atoms with Crippen molar-refractivity contribution < 1.29 is 8.42 Å². The summed E-state index contributed by atoms with van der Waals surface area (Å²) in [5.74, 6) is 0. The zero-order valence-electron chi connectivity index (χ0n) is 9.77. The molecule has 0 aliphatic carbocycles. The molecule has 0 saturated carbocycles. The number of rotatable bonds is 2. The molecule has 0 amide bonds. The van der Waals surface area contributed by atoms with E-state index in [0.717, 1.165) is 22.4 Å². The van der Waals surface area contributed by atoms with Crippen molar-refractivity contribution in [3.8, 4) is 10.4 Å². The second-order valence-electron chi connectivity index (χ2n) is 3.88. The Hall–Kier alpha value is -1.11. The summed E-state index contributed by atoms with van der Waals surface area (Å²) >= 11 is 7.22. The summed E-state index contributed by atoms with van der Waals surface area (Å²) in [6, 6.07) is 4.89. The van der Waals surface area contributed by atoms with Crippen molar-refractivity contribution in [3.63, 3.8) is 0 Å². The van der Waals surface area contributed by atoms with E-state index in [-0.39, 0.29) is 9.92 Å². The zero-order valence-corrected chi connectivity index (χ0v) is 12.2. The number of aryl methyl sites for hydroxylation is 1. The molecule has 0 bridgehead atoms. The number of halogens is 1. The quantitative estimate of drug-likeness (QED) is 0.925. The highest BCUT2D eigenvalue weighted by Crippen LogP contribution is 2.34. The Kier molecular flexibility index (Phi) is 3.35. The van der Waals surface area contributed by atoms with Gasteiger partial charge in [0.25, 0.3) is 0 Å². The number of nitrogen functional groups attached to an aromatic ring is 1. The minimum atomic E-state index is -3.35. The maximum absolute atomic E-state index is 11.6. The van der Waals surface area contributed by atoms with E-state index < -0.39 is 9.84 Å². The van der Waals surface area contributed by atoms with E-state index in [1.165, 1.54) is 11.3 Å². The first-order valence-corrected chi connectivity index (χ1v) is 8.10. The molecule has 1 aromatic heterocycles. The number of benzene rings is 1. The fraction of sp³-hybridized carbons (Fsp3) is 0.182. The van der Waals surface area contributed by atoms with Gasteiger partial charge in [0.05, 0.1) is 20.5 Å². The molecule has 1 heterocycles. The first-order chi connectivity index (χ1) is 8.29. The summed E-state index contributed by atoms with van der Waals surface area (Å²) in [5.41, 5.74) is 7.17. The third-order valence-corrected chi connectivity index (χ3v) is 5.02. The maximum atomic E-state index is 11.6. The van der Waals surface area contributed by atoms with E-state index in [2.05, 4.69) is 4.98 Å².